The Hall–Kier alpha value is -1.22. The van der Waals surface area contributed by atoms with Crippen LogP contribution in [-0.2, 0) is 9.68 Å². The lowest BCUT2D eigenvalue weighted by Crippen LogP contribution is -1.93. The summed E-state index contributed by atoms with van der Waals surface area (Å²) >= 11 is 5.64. The highest BCUT2D eigenvalue weighted by atomic mass is 35.5. The third-order valence-electron chi connectivity index (χ3n) is 1.01. The van der Waals surface area contributed by atoms with Gasteiger partial charge in [-0.3, -0.25) is 14.6 Å². The summed E-state index contributed by atoms with van der Waals surface area (Å²) in [7, 11) is 0. The quantitative estimate of drug-likeness (QED) is 0.396. The topological polar surface area (TPSA) is 35.5 Å². The first kappa shape index (κ1) is 7.88. The van der Waals surface area contributed by atoms with Gasteiger partial charge in [0.2, 0.25) is 0 Å². The van der Waals surface area contributed by atoms with E-state index >= 15 is 0 Å². The minimum Gasteiger partial charge on any atom is -0.286 e. The summed E-state index contributed by atoms with van der Waals surface area (Å²) in [6, 6.07) is 6.68. The predicted molar refractivity (Wildman–Crippen MR) is 39.2 cm³/mol. The summed E-state index contributed by atoms with van der Waals surface area (Å²) in [5.41, 5.74) is 0. The second-order valence-electron chi connectivity index (χ2n) is 1.71. The second-order valence-corrected chi connectivity index (χ2v) is 2.11. The van der Waals surface area contributed by atoms with Crippen molar-refractivity contribution in [3.05, 3.63) is 29.3 Å². The van der Waals surface area contributed by atoms with Gasteiger partial charge in [0.15, 0.2) is 5.75 Å². The van der Waals surface area contributed by atoms with Gasteiger partial charge in [0.25, 0.3) is 0 Å². The minimum atomic E-state index is 0.184. The van der Waals surface area contributed by atoms with E-state index in [1.54, 1.807) is 24.3 Å². The molecule has 0 atom stereocenters. The molecule has 4 heteroatoms. The summed E-state index contributed by atoms with van der Waals surface area (Å²) in [4.78, 5) is 18.2. The van der Waals surface area contributed by atoms with Crippen LogP contribution in [0.2, 0.25) is 5.02 Å². The van der Waals surface area contributed by atoms with Crippen molar-refractivity contribution in [1.82, 2.24) is 0 Å². The van der Waals surface area contributed by atoms with Crippen LogP contribution >= 0.6 is 11.6 Å². The molecule has 0 aliphatic rings. The van der Waals surface area contributed by atoms with Gasteiger partial charge in [0.1, 0.15) is 0 Å². The van der Waals surface area contributed by atoms with E-state index in [1.807, 2.05) is 0 Å². The van der Waals surface area contributed by atoms with Gasteiger partial charge >= 0.3 is 6.47 Å². The van der Waals surface area contributed by atoms with Gasteiger partial charge in [-0.25, -0.2) is 0 Å². The molecule has 0 heterocycles. The average molecular weight is 173 g/mol. The van der Waals surface area contributed by atoms with Crippen LogP contribution in [-0.4, -0.2) is 6.47 Å². The van der Waals surface area contributed by atoms with Gasteiger partial charge in [-0.2, -0.15) is 0 Å². The average Bonchev–Trinajstić information content (AvgIpc) is 2.03. The van der Waals surface area contributed by atoms with Crippen LogP contribution in [0.15, 0.2) is 24.3 Å². The number of carbonyl (C=O) groups excluding carboxylic acids is 1. The number of benzene rings is 1. The Morgan fingerprint density at radius 2 is 2.09 bits per heavy atom. The Morgan fingerprint density at radius 1 is 1.36 bits per heavy atom. The highest BCUT2D eigenvalue weighted by Crippen LogP contribution is 2.22. The van der Waals surface area contributed by atoms with Crippen molar-refractivity contribution in [2.45, 2.75) is 0 Å². The predicted octanol–water partition coefficient (Wildman–Crippen LogP) is 1.81. The molecular formula is C7H5ClO3. The molecule has 0 aromatic heterocycles. The maximum atomic E-state index is 9.70. The fourth-order valence-corrected chi connectivity index (χ4v) is 0.751. The van der Waals surface area contributed by atoms with Crippen LogP contribution in [0.5, 0.6) is 5.75 Å². The zero-order chi connectivity index (χ0) is 8.10. The first-order chi connectivity index (χ1) is 5.34. The number of rotatable bonds is 3. The van der Waals surface area contributed by atoms with Crippen molar-refractivity contribution in [2.24, 2.45) is 0 Å². The lowest BCUT2D eigenvalue weighted by Gasteiger charge is -2.00. The lowest BCUT2D eigenvalue weighted by atomic mass is 10.3. The zero-order valence-electron chi connectivity index (χ0n) is 5.49. The molecule has 0 radical (unpaired) electrons. The molecule has 0 N–H and O–H groups in total. The van der Waals surface area contributed by atoms with E-state index in [4.69, 9.17) is 11.6 Å². The van der Waals surface area contributed by atoms with Gasteiger partial charge < -0.3 is 0 Å². The summed E-state index contributed by atoms with van der Waals surface area (Å²) in [5.74, 6) is 0.321. The molecule has 0 bridgehead atoms. The molecule has 1 rings (SSSR count). The molecule has 58 valence electrons. The largest absolute Gasteiger partial charge is 0.343 e. The highest BCUT2D eigenvalue weighted by Gasteiger charge is 1.98. The van der Waals surface area contributed by atoms with E-state index < -0.39 is 0 Å². The number of para-hydroxylation sites is 1. The van der Waals surface area contributed by atoms with E-state index in [2.05, 4.69) is 9.78 Å². The molecule has 0 saturated carbocycles. The smallest absolute Gasteiger partial charge is 0.286 e. The molecular weight excluding hydrogens is 168 g/mol. The van der Waals surface area contributed by atoms with Crippen LogP contribution in [0.25, 0.3) is 0 Å². The van der Waals surface area contributed by atoms with E-state index in [-0.39, 0.29) is 6.47 Å². The number of hydrogen-bond acceptors (Lipinski definition) is 3. The zero-order valence-corrected chi connectivity index (χ0v) is 6.25. The second kappa shape index (κ2) is 3.83. The van der Waals surface area contributed by atoms with Crippen molar-refractivity contribution in [1.29, 1.82) is 0 Å². The summed E-state index contributed by atoms with van der Waals surface area (Å²) in [6.45, 7) is 0.184. The Bertz CT molecular complexity index is 249. The number of hydrogen-bond donors (Lipinski definition) is 0. The summed E-state index contributed by atoms with van der Waals surface area (Å²) in [6.07, 6.45) is 0. The normalized spacial score (nSPS) is 8.82. The molecule has 3 nitrogen and oxygen atoms in total. The molecule has 0 spiro atoms. The third-order valence-corrected chi connectivity index (χ3v) is 1.33. The Morgan fingerprint density at radius 3 is 2.73 bits per heavy atom. The van der Waals surface area contributed by atoms with Crippen LogP contribution < -0.4 is 4.89 Å². The molecule has 0 aliphatic carbocycles. The summed E-state index contributed by atoms with van der Waals surface area (Å²) in [5, 5.41) is 0.398. The van der Waals surface area contributed by atoms with Gasteiger partial charge in [0.05, 0.1) is 5.02 Å². The SMILES string of the molecule is O=COOc1ccccc1Cl. The molecule has 0 aliphatic heterocycles. The fraction of sp³-hybridized carbons (Fsp3) is 0. The highest BCUT2D eigenvalue weighted by molar-refractivity contribution is 6.32. The maximum Gasteiger partial charge on any atom is 0.343 e. The molecule has 0 amide bonds. The lowest BCUT2D eigenvalue weighted by molar-refractivity contribution is -0.196. The van der Waals surface area contributed by atoms with Gasteiger partial charge in [-0.05, 0) is 12.1 Å². The first-order valence-electron chi connectivity index (χ1n) is 2.86. The van der Waals surface area contributed by atoms with Crippen molar-refractivity contribution in [2.75, 3.05) is 0 Å². The summed E-state index contributed by atoms with van der Waals surface area (Å²) < 4.78 is 0. The van der Waals surface area contributed by atoms with E-state index in [0.717, 1.165) is 0 Å². The monoisotopic (exact) mass is 172 g/mol. The van der Waals surface area contributed by atoms with Crippen molar-refractivity contribution >= 4 is 18.1 Å². The van der Waals surface area contributed by atoms with Crippen molar-refractivity contribution in [3.63, 3.8) is 0 Å². The van der Waals surface area contributed by atoms with Crippen molar-refractivity contribution in [3.8, 4) is 5.75 Å². The molecule has 0 fully saturated rings. The number of halogens is 1. The Labute approximate surface area is 68.4 Å². The third kappa shape index (κ3) is 2.13. The number of carbonyl (C=O) groups is 1. The Kier molecular flexibility index (Phi) is 2.74. The molecule has 0 saturated heterocycles. The van der Waals surface area contributed by atoms with Crippen LogP contribution in [0.4, 0.5) is 0 Å². The van der Waals surface area contributed by atoms with Crippen LogP contribution in [0.3, 0.4) is 0 Å². The van der Waals surface area contributed by atoms with Gasteiger partial charge in [-0.15, -0.1) is 0 Å². The first-order valence-corrected chi connectivity index (χ1v) is 3.24. The van der Waals surface area contributed by atoms with E-state index in [0.29, 0.717) is 10.8 Å². The molecule has 11 heavy (non-hydrogen) atoms. The molecule has 0 unspecified atom stereocenters. The van der Waals surface area contributed by atoms with Gasteiger partial charge in [0, 0.05) is 0 Å². The van der Waals surface area contributed by atoms with Crippen LogP contribution in [0, 0.1) is 0 Å². The van der Waals surface area contributed by atoms with Gasteiger partial charge in [-0.1, -0.05) is 23.7 Å². The van der Waals surface area contributed by atoms with E-state index in [9.17, 15) is 4.79 Å². The fourth-order valence-electron chi connectivity index (χ4n) is 0.584. The molecule has 1 aromatic rings. The maximum absolute atomic E-state index is 9.70. The Balaban J connectivity index is 2.69. The minimum absolute atomic E-state index is 0.184. The molecule has 1 aromatic carbocycles. The van der Waals surface area contributed by atoms with E-state index in [1.165, 1.54) is 0 Å². The standard InChI is InChI=1S/C7H5ClO3/c8-6-3-1-2-4-7(6)11-10-5-9/h1-5H. The van der Waals surface area contributed by atoms with Crippen molar-refractivity contribution < 1.29 is 14.6 Å². The van der Waals surface area contributed by atoms with Crippen LogP contribution in [0.1, 0.15) is 0 Å².